The molecular formula is C15H11N9O14. The monoisotopic (exact) mass is 541 g/mol. The minimum Gasteiger partial charge on any atom is -0.365 e. The van der Waals surface area contributed by atoms with E-state index < -0.39 is 98.3 Å². The number of nitrogens with two attached hydrogens (primary N) is 1. The van der Waals surface area contributed by atoms with Gasteiger partial charge in [0.2, 0.25) is 0 Å². The van der Waals surface area contributed by atoms with Crippen molar-refractivity contribution in [3.05, 3.63) is 84.4 Å². The molecule has 0 saturated carbocycles. The third-order valence-electron chi connectivity index (χ3n) is 4.43. The van der Waals surface area contributed by atoms with Gasteiger partial charge in [0.1, 0.15) is 5.56 Å². The van der Waals surface area contributed by atoms with Crippen LogP contribution in [0.4, 0.5) is 34.1 Å². The third-order valence-corrected chi connectivity index (χ3v) is 4.43. The summed E-state index contributed by atoms with van der Waals surface area (Å²) in [5.74, 6) is -4.28. The zero-order valence-corrected chi connectivity index (χ0v) is 18.4. The number of nitrogens with zero attached hydrogens (tertiary/aromatic N) is 7. The van der Waals surface area contributed by atoms with Crippen LogP contribution >= 0.6 is 0 Å². The van der Waals surface area contributed by atoms with E-state index in [0.29, 0.717) is 0 Å². The summed E-state index contributed by atoms with van der Waals surface area (Å²) in [6, 6.07) is 0.746. The number of nitrogens with one attached hydrogen (secondary N) is 1. The van der Waals surface area contributed by atoms with Crippen LogP contribution in [-0.2, 0) is 6.42 Å². The maximum atomic E-state index is 11.7. The number of nitro benzene ring substituents is 6. The Morgan fingerprint density at radius 3 is 1.50 bits per heavy atom. The van der Waals surface area contributed by atoms with Crippen molar-refractivity contribution in [3.63, 3.8) is 0 Å². The lowest BCUT2D eigenvalue weighted by molar-refractivity contribution is -0.410. The van der Waals surface area contributed by atoms with Gasteiger partial charge >= 0.3 is 34.2 Å². The van der Waals surface area contributed by atoms with Gasteiger partial charge in [-0.25, -0.2) is 0 Å². The summed E-state index contributed by atoms with van der Waals surface area (Å²) in [7, 11) is 0. The molecule has 0 aliphatic heterocycles. The molecule has 0 spiro atoms. The normalized spacial score (nSPS) is 10.2. The number of non-ortho nitro benzene ring substituents is 1. The van der Waals surface area contributed by atoms with Gasteiger partial charge in [-0.05, 0) is 6.42 Å². The first kappa shape index (κ1) is 28.0. The standard InChI is InChI=1S/C15H11N9O14/c1-2-7-8(19(27)28)5-11(22(33)34)14(12(7)23(35)36)38-24(15(16)17)37-13-9(20(29)30)3-6(18(25)26)4-10(13)21(31)32/h3-5H,2H2,1H3,(H3,16,17). The predicted octanol–water partition coefficient (Wildman–Crippen LogP) is 2.18. The number of hydrogen-bond donors (Lipinski definition) is 2. The van der Waals surface area contributed by atoms with E-state index in [4.69, 9.17) is 20.8 Å². The van der Waals surface area contributed by atoms with Crippen LogP contribution in [0.5, 0.6) is 11.5 Å². The number of hydrogen-bond acceptors (Lipinski definition) is 15. The van der Waals surface area contributed by atoms with E-state index in [1.807, 2.05) is 0 Å². The van der Waals surface area contributed by atoms with Crippen LogP contribution in [0.2, 0.25) is 0 Å². The first-order valence-electron chi connectivity index (χ1n) is 9.36. The summed E-state index contributed by atoms with van der Waals surface area (Å²) >= 11 is 0. The summed E-state index contributed by atoms with van der Waals surface area (Å²) in [6.45, 7) is 1.22. The van der Waals surface area contributed by atoms with Crippen molar-refractivity contribution in [2.75, 3.05) is 0 Å². The van der Waals surface area contributed by atoms with Crippen LogP contribution in [-0.4, -0.2) is 40.7 Å². The lowest BCUT2D eigenvalue weighted by Crippen LogP contribution is -2.42. The predicted molar refractivity (Wildman–Crippen MR) is 117 cm³/mol. The van der Waals surface area contributed by atoms with Gasteiger partial charge in [-0.3, -0.25) is 66.1 Å². The SMILES string of the molecule is CCc1c([N+](=O)[O-])cc([N+](=O)[O-])c(ON(Oc2c([N+](=O)[O-])cc([N+](=O)[O-])cc2[N+](=O)[O-])C(=N)N)c1[N+](=O)[O-]. The topological polar surface area (TPSA) is 330 Å². The largest absolute Gasteiger partial charge is 0.365 e. The first-order chi connectivity index (χ1) is 17.6. The summed E-state index contributed by atoms with van der Waals surface area (Å²) in [6.07, 6.45) is -0.443. The molecule has 23 heteroatoms. The van der Waals surface area contributed by atoms with Crippen LogP contribution in [0.1, 0.15) is 12.5 Å². The lowest BCUT2D eigenvalue weighted by atomic mass is 10.1. The van der Waals surface area contributed by atoms with Crippen molar-refractivity contribution in [2.45, 2.75) is 13.3 Å². The number of benzene rings is 2. The highest BCUT2D eigenvalue weighted by molar-refractivity contribution is 5.75. The number of guanidine groups is 1. The highest BCUT2D eigenvalue weighted by atomic mass is 17.0. The molecule has 0 amide bonds. The van der Waals surface area contributed by atoms with Gasteiger partial charge < -0.3 is 15.4 Å². The Hall–Kier alpha value is -6.29. The molecule has 3 N–H and O–H groups in total. The Bertz CT molecular complexity index is 1390. The second-order valence-electron chi connectivity index (χ2n) is 6.61. The molecular weight excluding hydrogens is 530 g/mol. The molecule has 2 aromatic carbocycles. The second kappa shape index (κ2) is 10.5. The molecule has 200 valence electrons. The van der Waals surface area contributed by atoms with E-state index in [1.54, 1.807) is 0 Å². The Morgan fingerprint density at radius 1 is 0.737 bits per heavy atom. The van der Waals surface area contributed by atoms with Crippen molar-refractivity contribution < 1.29 is 39.2 Å². The number of hydroxylamine groups is 2. The molecule has 0 unspecified atom stereocenters. The molecule has 0 aliphatic rings. The highest BCUT2D eigenvalue weighted by Crippen LogP contribution is 2.46. The van der Waals surface area contributed by atoms with Gasteiger partial charge in [-0.2, -0.15) is 0 Å². The summed E-state index contributed by atoms with van der Waals surface area (Å²) < 4.78 is 0. The molecule has 23 nitrogen and oxygen atoms in total. The molecule has 0 fully saturated rings. The van der Waals surface area contributed by atoms with E-state index in [0.717, 1.165) is 0 Å². The second-order valence-corrected chi connectivity index (χ2v) is 6.61. The van der Waals surface area contributed by atoms with Crippen molar-refractivity contribution in [3.8, 4) is 11.5 Å². The smallest absolute Gasteiger partial charge is 0.331 e. The average Bonchev–Trinajstić information content (AvgIpc) is 2.81. The van der Waals surface area contributed by atoms with Gasteiger partial charge in [0.15, 0.2) is 0 Å². The van der Waals surface area contributed by atoms with E-state index in [1.165, 1.54) is 6.92 Å². The summed E-state index contributed by atoms with van der Waals surface area (Å²) in [5, 5.41) is 75.7. The van der Waals surface area contributed by atoms with Gasteiger partial charge in [-0.1, -0.05) is 6.92 Å². The molecule has 2 aromatic rings. The molecule has 0 saturated heterocycles. The quantitative estimate of drug-likeness (QED) is 0.178. The minimum absolute atomic E-state index is 0.229. The van der Waals surface area contributed by atoms with Crippen LogP contribution in [0.15, 0.2) is 18.2 Å². The molecule has 0 aromatic heterocycles. The van der Waals surface area contributed by atoms with E-state index in [9.17, 15) is 60.7 Å². The van der Waals surface area contributed by atoms with Gasteiger partial charge in [0.05, 0.1) is 47.7 Å². The molecule has 0 heterocycles. The Labute approximate surface area is 205 Å². The van der Waals surface area contributed by atoms with Crippen molar-refractivity contribution in [2.24, 2.45) is 5.73 Å². The van der Waals surface area contributed by atoms with E-state index in [-0.39, 0.29) is 18.2 Å². The fourth-order valence-electron chi connectivity index (χ4n) is 2.93. The molecule has 0 atom stereocenters. The average molecular weight is 541 g/mol. The minimum atomic E-state index is -1.45. The Morgan fingerprint density at radius 2 is 1.16 bits per heavy atom. The maximum Gasteiger partial charge on any atom is 0.331 e. The molecule has 0 bridgehead atoms. The van der Waals surface area contributed by atoms with Crippen LogP contribution in [0.25, 0.3) is 0 Å². The van der Waals surface area contributed by atoms with Crippen LogP contribution < -0.4 is 15.4 Å². The van der Waals surface area contributed by atoms with Crippen LogP contribution in [0, 0.1) is 66.1 Å². The summed E-state index contributed by atoms with van der Waals surface area (Å²) in [4.78, 5) is 70.5. The summed E-state index contributed by atoms with van der Waals surface area (Å²) in [5.41, 5.74) is -3.25. The van der Waals surface area contributed by atoms with Gasteiger partial charge in [0, 0.05) is 5.23 Å². The Kier molecular flexibility index (Phi) is 7.75. The maximum absolute atomic E-state index is 11.7. The highest BCUT2D eigenvalue weighted by Gasteiger charge is 2.41. The van der Waals surface area contributed by atoms with Crippen LogP contribution in [0.3, 0.4) is 0 Å². The van der Waals surface area contributed by atoms with E-state index in [2.05, 4.69) is 0 Å². The molecule has 0 radical (unpaired) electrons. The number of rotatable bonds is 11. The first-order valence-corrected chi connectivity index (χ1v) is 9.36. The zero-order chi connectivity index (χ0) is 29.1. The molecule has 38 heavy (non-hydrogen) atoms. The lowest BCUT2D eigenvalue weighted by Gasteiger charge is -2.21. The molecule has 0 aliphatic carbocycles. The number of nitro groups is 6. The van der Waals surface area contributed by atoms with Crippen molar-refractivity contribution in [1.29, 1.82) is 5.41 Å². The van der Waals surface area contributed by atoms with E-state index >= 15 is 0 Å². The van der Waals surface area contributed by atoms with Gasteiger partial charge in [0.25, 0.3) is 17.3 Å². The fraction of sp³-hybridized carbons (Fsp3) is 0.133. The Balaban J connectivity index is 2.85. The fourth-order valence-corrected chi connectivity index (χ4v) is 2.93. The molecule has 2 rings (SSSR count). The third kappa shape index (κ3) is 5.34. The zero-order valence-electron chi connectivity index (χ0n) is 18.4. The van der Waals surface area contributed by atoms with Crippen molar-refractivity contribution in [1.82, 2.24) is 5.23 Å². The van der Waals surface area contributed by atoms with Gasteiger partial charge in [-0.15, -0.1) is 0 Å². The van der Waals surface area contributed by atoms with Crippen molar-refractivity contribution >= 4 is 40.1 Å².